The highest BCUT2D eigenvalue weighted by Gasteiger charge is 2.37. The van der Waals surface area contributed by atoms with Crippen LogP contribution in [0, 0.1) is 10.8 Å². The number of carbonyl (C=O) groups excluding carboxylic acids is 2. The number of nitrogens with one attached hydrogen (secondary N) is 2. The van der Waals surface area contributed by atoms with Crippen LogP contribution in [0.15, 0.2) is 48.5 Å². The zero-order valence-electron chi connectivity index (χ0n) is 12.7. The van der Waals surface area contributed by atoms with Crippen LogP contribution in [0.5, 0.6) is 0 Å². The second kappa shape index (κ2) is 9.93. The summed E-state index contributed by atoms with van der Waals surface area (Å²) < 4.78 is 77.3. The highest BCUT2D eigenvalue weighted by atomic mass is 19.4. The largest absolute Gasteiger partial charge is 0.417 e. The molecule has 0 aromatic heterocycles. The Morgan fingerprint density at radius 1 is 0.615 bits per heavy atom. The van der Waals surface area contributed by atoms with E-state index in [4.69, 9.17) is 20.4 Å². The third-order valence-electron chi connectivity index (χ3n) is 2.76. The number of hydrogen-bond acceptors (Lipinski definition) is 4. The van der Waals surface area contributed by atoms with E-state index in [1.165, 1.54) is 12.1 Å². The minimum Gasteiger partial charge on any atom is -0.222 e. The Labute approximate surface area is 143 Å². The van der Waals surface area contributed by atoms with Crippen LogP contribution < -0.4 is 0 Å². The van der Waals surface area contributed by atoms with Crippen LogP contribution in [0.1, 0.15) is 11.1 Å². The molecule has 0 spiro atoms. The van der Waals surface area contributed by atoms with Gasteiger partial charge in [0.25, 0.3) is 0 Å². The van der Waals surface area contributed by atoms with Crippen molar-refractivity contribution in [3.63, 3.8) is 0 Å². The lowest BCUT2D eigenvalue weighted by Crippen LogP contribution is -2.11. The lowest BCUT2D eigenvalue weighted by atomic mass is 9.95. The zero-order chi connectivity index (χ0) is 20.4. The van der Waals surface area contributed by atoms with Gasteiger partial charge in [-0.1, -0.05) is 36.4 Å². The molecule has 10 heteroatoms. The van der Waals surface area contributed by atoms with Crippen LogP contribution in [0.4, 0.5) is 26.3 Å². The predicted molar refractivity (Wildman–Crippen MR) is 78.7 cm³/mol. The second-order valence-corrected chi connectivity index (χ2v) is 4.29. The summed E-state index contributed by atoms with van der Waals surface area (Å²) in [6.07, 6.45) is -7.93. The molecule has 0 radical (unpaired) electrons. The molecule has 4 nitrogen and oxygen atoms in total. The second-order valence-electron chi connectivity index (χ2n) is 4.29. The summed E-state index contributed by atoms with van der Waals surface area (Å²) in [4.78, 5) is 16.7. The first-order chi connectivity index (χ1) is 12.0. The summed E-state index contributed by atoms with van der Waals surface area (Å²) in [5.74, 6) is 0. The van der Waals surface area contributed by atoms with Gasteiger partial charge in [0, 0.05) is 0 Å². The molecule has 2 aromatic rings. The van der Waals surface area contributed by atoms with Crippen molar-refractivity contribution in [3.8, 4) is 11.1 Å². The molecule has 0 aliphatic rings. The van der Waals surface area contributed by atoms with Gasteiger partial charge >= 0.3 is 12.4 Å². The normalized spacial score (nSPS) is 10.2. The van der Waals surface area contributed by atoms with Gasteiger partial charge in [-0.2, -0.15) is 26.3 Å². The Hall–Kier alpha value is -3.22. The quantitative estimate of drug-likeness (QED) is 0.408. The van der Waals surface area contributed by atoms with Gasteiger partial charge < -0.3 is 0 Å². The van der Waals surface area contributed by atoms with Gasteiger partial charge in [0.1, 0.15) is 0 Å². The maximum Gasteiger partial charge on any atom is 0.417 e. The lowest BCUT2D eigenvalue weighted by Gasteiger charge is -2.17. The summed E-state index contributed by atoms with van der Waals surface area (Å²) in [6, 6.07) is 8.44. The fourth-order valence-corrected chi connectivity index (χ4v) is 1.93. The van der Waals surface area contributed by atoms with Gasteiger partial charge in [-0.3, -0.25) is 0 Å². The van der Waals surface area contributed by atoms with E-state index in [1.807, 2.05) is 0 Å². The maximum atomic E-state index is 12.9. The Bertz CT molecular complexity index is 720. The SMILES string of the molecule is FC(F)(F)c1ccccc1-c1ccccc1C(F)(F)F.N=C=O.N=C=O. The maximum absolute atomic E-state index is 12.9. The van der Waals surface area contributed by atoms with Crippen LogP contribution in [0.2, 0.25) is 0 Å². The van der Waals surface area contributed by atoms with Gasteiger partial charge in [-0.25, -0.2) is 20.4 Å². The third kappa shape index (κ3) is 6.72. The fraction of sp³-hybridized carbons (Fsp3) is 0.125. The highest BCUT2D eigenvalue weighted by molar-refractivity contribution is 5.71. The van der Waals surface area contributed by atoms with Crippen molar-refractivity contribution in [2.75, 3.05) is 0 Å². The van der Waals surface area contributed by atoms with Crippen molar-refractivity contribution >= 4 is 12.2 Å². The van der Waals surface area contributed by atoms with Crippen molar-refractivity contribution in [2.45, 2.75) is 12.4 Å². The molecule has 2 aromatic carbocycles. The number of benzene rings is 2. The molecule has 2 N–H and O–H groups in total. The average Bonchev–Trinajstić information content (AvgIpc) is 2.55. The van der Waals surface area contributed by atoms with E-state index in [0.29, 0.717) is 0 Å². The van der Waals surface area contributed by atoms with Gasteiger partial charge in [-0.15, -0.1) is 0 Å². The molecule has 0 aliphatic carbocycles. The van der Waals surface area contributed by atoms with Gasteiger partial charge in [0.15, 0.2) is 0 Å². The van der Waals surface area contributed by atoms with Crippen molar-refractivity contribution in [1.82, 2.24) is 0 Å². The molecule has 0 bridgehead atoms. The van der Waals surface area contributed by atoms with E-state index < -0.39 is 34.6 Å². The fourth-order valence-electron chi connectivity index (χ4n) is 1.93. The Morgan fingerprint density at radius 2 is 0.846 bits per heavy atom. The topological polar surface area (TPSA) is 81.8 Å². The van der Waals surface area contributed by atoms with E-state index in [9.17, 15) is 26.3 Å². The van der Waals surface area contributed by atoms with Crippen molar-refractivity contribution in [1.29, 1.82) is 10.8 Å². The minimum absolute atomic E-state index is 0.479. The van der Waals surface area contributed by atoms with Crippen molar-refractivity contribution < 1.29 is 35.9 Å². The van der Waals surface area contributed by atoms with Crippen molar-refractivity contribution in [3.05, 3.63) is 59.7 Å². The van der Waals surface area contributed by atoms with Gasteiger partial charge in [0.2, 0.25) is 12.2 Å². The van der Waals surface area contributed by atoms with Crippen LogP contribution >= 0.6 is 0 Å². The number of hydrogen-bond donors (Lipinski definition) is 2. The highest BCUT2D eigenvalue weighted by Crippen LogP contribution is 2.42. The number of isocyanates is 2. The summed E-state index contributed by atoms with van der Waals surface area (Å²) in [6.45, 7) is 0. The summed E-state index contributed by atoms with van der Waals surface area (Å²) in [5.41, 5.74) is -3.13. The molecule has 0 heterocycles. The van der Waals surface area contributed by atoms with E-state index in [2.05, 4.69) is 0 Å². The van der Waals surface area contributed by atoms with E-state index in [-0.39, 0.29) is 0 Å². The molecule has 0 saturated heterocycles. The van der Waals surface area contributed by atoms with E-state index in [1.54, 1.807) is 0 Å². The number of alkyl halides is 6. The van der Waals surface area contributed by atoms with E-state index >= 15 is 0 Å². The molecule has 0 amide bonds. The molecule has 0 unspecified atom stereocenters. The number of halogens is 6. The lowest BCUT2D eigenvalue weighted by molar-refractivity contribution is -0.139. The standard InChI is InChI=1S/C14H8F6.2CHNO/c15-13(16,17)11-7-3-1-5-9(11)10-6-2-4-8-12(10)14(18,19)20;2*2-1-3/h1-8H;2*2H. The average molecular weight is 376 g/mol. The monoisotopic (exact) mass is 376 g/mol. The van der Waals surface area contributed by atoms with Crippen molar-refractivity contribution in [2.24, 2.45) is 0 Å². The molecule has 0 fully saturated rings. The van der Waals surface area contributed by atoms with Gasteiger partial charge in [0.05, 0.1) is 11.1 Å². The molecule has 0 atom stereocenters. The summed E-state index contributed by atoms with van der Waals surface area (Å²) in [5, 5.41) is 10.8. The first-order valence-electron chi connectivity index (χ1n) is 6.45. The Morgan fingerprint density at radius 3 is 1.08 bits per heavy atom. The third-order valence-corrected chi connectivity index (χ3v) is 2.76. The first kappa shape index (κ1) is 22.8. The zero-order valence-corrected chi connectivity index (χ0v) is 12.7. The minimum atomic E-state index is -4.71. The Balaban J connectivity index is 0.000000918. The van der Waals surface area contributed by atoms with Crippen LogP contribution in [0.25, 0.3) is 11.1 Å². The molecular formula is C16H10F6N2O2. The van der Waals surface area contributed by atoms with Gasteiger partial charge in [-0.05, 0) is 23.3 Å². The Kier molecular flexibility index (Phi) is 8.70. The molecule has 26 heavy (non-hydrogen) atoms. The molecule has 2 rings (SSSR count). The first-order valence-corrected chi connectivity index (χ1v) is 6.45. The summed E-state index contributed by atoms with van der Waals surface area (Å²) >= 11 is 0. The molecule has 0 saturated carbocycles. The predicted octanol–water partition coefficient (Wildman–Crippen LogP) is 5.19. The van der Waals surface area contributed by atoms with Crippen LogP contribution in [-0.2, 0) is 21.9 Å². The smallest absolute Gasteiger partial charge is 0.222 e. The molecular weight excluding hydrogens is 366 g/mol. The van der Waals surface area contributed by atoms with Crippen LogP contribution in [-0.4, -0.2) is 12.2 Å². The summed E-state index contributed by atoms with van der Waals surface area (Å²) in [7, 11) is 0. The van der Waals surface area contributed by atoms with E-state index in [0.717, 1.165) is 48.6 Å². The number of rotatable bonds is 1. The van der Waals surface area contributed by atoms with Crippen LogP contribution in [0.3, 0.4) is 0 Å². The molecule has 0 aliphatic heterocycles. The molecule has 138 valence electrons.